The van der Waals surface area contributed by atoms with Gasteiger partial charge in [-0.25, -0.2) is 0 Å². The van der Waals surface area contributed by atoms with Crippen LogP contribution in [-0.4, -0.2) is 12.0 Å². The number of nitrogens with one attached hydrogen (secondary N) is 1. The summed E-state index contributed by atoms with van der Waals surface area (Å²) in [5.74, 6) is 0.960. The molecule has 2 aromatic heterocycles. The molecule has 0 atom stereocenters. The number of aryl methyl sites for hydroxylation is 1. The largest absolute Gasteiger partial charge is 0.467 e. The molecule has 0 aliphatic rings. The predicted molar refractivity (Wildman–Crippen MR) is 76.9 cm³/mol. The Balaban J connectivity index is 2.10. The van der Waals surface area contributed by atoms with Crippen molar-refractivity contribution in [2.45, 2.75) is 13.5 Å². The van der Waals surface area contributed by atoms with E-state index < -0.39 is 0 Å². The van der Waals surface area contributed by atoms with E-state index in [1.54, 1.807) is 6.26 Å². The number of benzene rings is 1. The average molecular weight is 252 g/mol. The molecule has 2 heterocycles. The summed E-state index contributed by atoms with van der Waals surface area (Å²) in [4.78, 5) is 4.52. The van der Waals surface area contributed by atoms with Gasteiger partial charge in [0.1, 0.15) is 5.76 Å². The average Bonchev–Trinajstić information content (AvgIpc) is 2.87. The molecule has 0 aliphatic carbocycles. The van der Waals surface area contributed by atoms with Gasteiger partial charge in [0.2, 0.25) is 0 Å². The van der Waals surface area contributed by atoms with Gasteiger partial charge < -0.3 is 9.73 Å². The highest BCUT2D eigenvalue weighted by Crippen LogP contribution is 2.27. The number of furan rings is 1. The first-order valence-electron chi connectivity index (χ1n) is 6.36. The molecular formula is C16H16N2O. The van der Waals surface area contributed by atoms with Crippen LogP contribution in [0.3, 0.4) is 0 Å². The molecule has 1 N–H and O–H groups in total. The molecule has 0 unspecified atom stereocenters. The number of fused-ring (bicyclic) bond motifs is 1. The van der Waals surface area contributed by atoms with Crippen LogP contribution in [0.4, 0.5) is 0 Å². The Bertz CT molecular complexity index is 716. The zero-order valence-corrected chi connectivity index (χ0v) is 11.1. The second kappa shape index (κ2) is 4.86. The Kier molecular flexibility index (Phi) is 3.05. The topological polar surface area (TPSA) is 38.1 Å². The van der Waals surface area contributed by atoms with Gasteiger partial charge in [0.25, 0.3) is 0 Å². The van der Waals surface area contributed by atoms with Crippen molar-refractivity contribution < 1.29 is 4.42 Å². The lowest BCUT2D eigenvalue weighted by Gasteiger charge is -2.05. The van der Waals surface area contributed by atoms with E-state index in [2.05, 4.69) is 34.6 Å². The van der Waals surface area contributed by atoms with E-state index in [-0.39, 0.29) is 0 Å². The van der Waals surface area contributed by atoms with Crippen molar-refractivity contribution in [1.29, 1.82) is 0 Å². The Morgan fingerprint density at radius 3 is 2.89 bits per heavy atom. The molecule has 0 spiro atoms. The van der Waals surface area contributed by atoms with E-state index in [1.165, 1.54) is 0 Å². The zero-order valence-electron chi connectivity index (χ0n) is 11.1. The first-order chi connectivity index (χ1) is 9.28. The summed E-state index contributed by atoms with van der Waals surface area (Å²) in [6, 6.07) is 12.5. The molecule has 1 aromatic carbocycles. The molecule has 0 saturated carbocycles. The number of hydrogen-bond acceptors (Lipinski definition) is 3. The van der Waals surface area contributed by atoms with E-state index in [0.717, 1.165) is 40.0 Å². The number of aromatic nitrogens is 1. The molecule has 3 heteroatoms. The van der Waals surface area contributed by atoms with E-state index in [0.29, 0.717) is 0 Å². The SMILES string of the molecule is CNCc1occc1-c1ccc2nc(C)ccc2c1. The quantitative estimate of drug-likeness (QED) is 0.775. The van der Waals surface area contributed by atoms with Crippen LogP contribution in [0.5, 0.6) is 0 Å². The maximum absolute atomic E-state index is 5.51. The first-order valence-corrected chi connectivity index (χ1v) is 6.36. The van der Waals surface area contributed by atoms with Gasteiger partial charge in [-0.3, -0.25) is 4.98 Å². The van der Waals surface area contributed by atoms with Crippen molar-refractivity contribution in [2.24, 2.45) is 0 Å². The van der Waals surface area contributed by atoms with Crippen LogP contribution < -0.4 is 5.32 Å². The molecule has 96 valence electrons. The molecule has 3 nitrogen and oxygen atoms in total. The molecule has 0 aliphatic heterocycles. The van der Waals surface area contributed by atoms with Crippen molar-refractivity contribution in [3.8, 4) is 11.1 Å². The van der Waals surface area contributed by atoms with Crippen molar-refractivity contribution >= 4 is 10.9 Å². The highest BCUT2D eigenvalue weighted by atomic mass is 16.3. The van der Waals surface area contributed by atoms with Crippen LogP contribution in [0.2, 0.25) is 0 Å². The molecule has 0 radical (unpaired) electrons. The summed E-state index contributed by atoms with van der Waals surface area (Å²) in [6.07, 6.45) is 1.74. The highest BCUT2D eigenvalue weighted by molar-refractivity contribution is 5.84. The Morgan fingerprint density at radius 1 is 1.16 bits per heavy atom. The number of pyridine rings is 1. The normalized spacial score (nSPS) is 11.1. The summed E-state index contributed by atoms with van der Waals surface area (Å²) in [5.41, 5.74) is 4.37. The van der Waals surface area contributed by atoms with Gasteiger partial charge in [-0.05, 0) is 43.8 Å². The Hall–Kier alpha value is -2.13. The lowest BCUT2D eigenvalue weighted by Crippen LogP contribution is -2.04. The lowest BCUT2D eigenvalue weighted by molar-refractivity contribution is 0.497. The molecular weight excluding hydrogens is 236 g/mol. The van der Waals surface area contributed by atoms with Crippen molar-refractivity contribution in [3.63, 3.8) is 0 Å². The van der Waals surface area contributed by atoms with Crippen molar-refractivity contribution in [3.05, 3.63) is 54.1 Å². The van der Waals surface area contributed by atoms with Gasteiger partial charge in [0, 0.05) is 16.6 Å². The number of rotatable bonds is 3. The van der Waals surface area contributed by atoms with Crippen LogP contribution in [0, 0.1) is 6.92 Å². The second-order valence-electron chi connectivity index (χ2n) is 4.65. The van der Waals surface area contributed by atoms with Crippen LogP contribution >= 0.6 is 0 Å². The fraction of sp³-hybridized carbons (Fsp3) is 0.188. The molecule has 0 fully saturated rings. The summed E-state index contributed by atoms with van der Waals surface area (Å²) < 4.78 is 5.51. The maximum Gasteiger partial charge on any atom is 0.125 e. The summed E-state index contributed by atoms with van der Waals surface area (Å²) in [6.45, 7) is 2.74. The smallest absolute Gasteiger partial charge is 0.125 e. The molecule has 0 bridgehead atoms. The molecule has 3 aromatic rings. The van der Waals surface area contributed by atoms with Gasteiger partial charge in [-0.2, -0.15) is 0 Å². The van der Waals surface area contributed by atoms with Crippen LogP contribution in [0.1, 0.15) is 11.5 Å². The Labute approximate surface area is 112 Å². The van der Waals surface area contributed by atoms with Crippen LogP contribution in [-0.2, 0) is 6.54 Å². The van der Waals surface area contributed by atoms with Crippen molar-refractivity contribution in [2.75, 3.05) is 7.05 Å². The minimum atomic E-state index is 0.729. The van der Waals surface area contributed by atoms with Crippen LogP contribution in [0.25, 0.3) is 22.0 Å². The standard InChI is InChI=1S/C16H16N2O/c1-11-3-4-13-9-12(5-6-15(13)18-11)14-7-8-19-16(14)10-17-2/h3-9,17H,10H2,1-2H3. The van der Waals surface area contributed by atoms with E-state index in [1.807, 2.05) is 26.1 Å². The molecule has 3 rings (SSSR count). The van der Waals surface area contributed by atoms with E-state index in [9.17, 15) is 0 Å². The lowest BCUT2D eigenvalue weighted by atomic mass is 10.0. The minimum Gasteiger partial charge on any atom is -0.467 e. The van der Waals surface area contributed by atoms with Crippen LogP contribution in [0.15, 0.2) is 47.1 Å². The van der Waals surface area contributed by atoms with Gasteiger partial charge in [-0.15, -0.1) is 0 Å². The maximum atomic E-state index is 5.51. The minimum absolute atomic E-state index is 0.729. The highest BCUT2D eigenvalue weighted by Gasteiger charge is 2.08. The summed E-state index contributed by atoms with van der Waals surface area (Å²) >= 11 is 0. The summed E-state index contributed by atoms with van der Waals surface area (Å²) in [5, 5.41) is 4.27. The summed E-state index contributed by atoms with van der Waals surface area (Å²) in [7, 11) is 1.92. The van der Waals surface area contributed by atoms with Gasteiger partial charge in [0.15, 0.2) is 0 Å². The monoisotopic (exact) mass is 252 g/mol. The number of hydrogen-bond donors (Lipinski definition) is 1. The van der Waals surface area contributed by atoms with Gasteiger partial charge in [-0.1, -0.05) is 12.1 Å². The fourth-order valence-corrected chi connectivity index (χ4v) is 2.29. The third-order valence-electron chi connectivity index (χ3n) is 3.22. The molecule has 0 amide bonds. The number of nitrogens with zero attached hydrogens (tertiary/aromatic N) is 1. The van der Waals surface area contributed by atoms with E-state index in [4.69, 9.17) is 4.42 Å². The third kappa shape index (κ3) is 2.25. The zero-order chi connectivity index (χ0) is 13.2. The molecule has 19 heavy (non-hydrogen) atoms. The van der Waals surface area contributed by atoms with Gasteiger partial charge in [0.05, 0.1) is 18.3 Å². The van der Waals surface area contributed by atoms with E-state index >= 15 is 0 Å². The molecule has 0 saturated heterocycles. The first kappa shape index (κ1) is 11.9. The fourth-order valence-electron chi connectivity index (χ4n) is 2.29. The second-order valence-corrected chi connectivity index (χ2v) is 4.65. The predicted octanol–water partition coefficient (Wildman–Crippen LogP) is 3.52. The Morgan fingerprint density at radius 2 is 2.05 bits per heavy atom. The van der Waals surface area contributed by atoms with Gasteiger partial charge >= 0.3 is 0 Å². The third-order valence-corrected chi connectivity index (χ3v) is 3.22. The van der Waals surface area contributed by atoms with Crippen molar-refractivity contribution in [1.82, 2.24) is 10.3 Å².